The van der Waals surface area contributed by atoms with E-state index < -0.39 is 12.1 Å². The van der Waals surface area contributed by atoms with Gasteiger partial charge >= 0.3 is 5.97 Å². The Bertz CT molecular complexity index is 770. The molecule has 1 amide bonds. The summed E-state index contributed by atoms with van der Waals surface area (Å²) < 4.78 is 10.5. The van der Waals surface area contributed by atoms with Crippen molar-refractivity contribution in [3.63, 3.8) is 0 Å². The fourth-order valence-corrected chi connectivity index (χ4v) is 2.97. The molecule has 0 bridgehead atoms. The average molecular weight is 339 g/mol. The molecule has 25 heavy (non-hydrogen) atoms. The van der Waals surface area contributed by atoms with Gasteiger partial charge in [0, 0.05) is 19.5 Å². The number of carbonyl (C=O) groups is 2. The maximum absolute atomic E-state index is 12.8. The van der Waals surface area contributed by atoms with Crippen LogP contribution in [0.2, 0.25) is 0 Å². The average Bonchev–Trinajstić information content (AvgIpc) is 2.66. The number of cyclic esters (lactones) is 1. The largest absolute Gasteiger partial charge is 0.497 e. The van der Waals surface area contributed by atoms with Crippen molar-refractivity contribution in [3.8, 4) is 5.75 Å². The molecular weight excluding hydrogens is 318 g/mol. The summed E-state index contributed by atoms with van der Waals surface area (Å²) in [5.41, 5.74) is 2.40. The number of methoxy groups -OCH3 is 1. The Morgan fingerprint density at radius 1 is 1.20 bits per heavy atom. The van der Waals surface area contributed by atoms with Gasteiger partial charge in [-0.3, -0.25) is 4.79 Å². The standard InChI is InChI=1S/C20H21NO4/c1-3-21(13-14-8-10-16(24-2)11-9-14)19(22)18-12-15-6-4-5-7-17(15)20(23)25-18/h4-11,18H,3,12-13H2,1-2H3. The van der Waals surface area contributed by atoms with E-state index in [0.717, 1.165) is 16.9 Å². The quantitative estimate of drug-likeness (QED) is 0.786. The summed E-state index contributed by atoms with van der Waals surface area (Å²) in [4.78, 5) is 26.7. The summed E-state index contributed by atoms with van der Waals surface area (Å²) in [6, 6.07) is 14.9. The number of esters is 1. The molecule has 1 atom stereocenters. The number of fused-ring (bicyclic) bond motifs is 1. The van der Waals surface area contributed by atoms with Crippen LogP contribution in [0.15, 0.2) is 48.5 Å². The predicted octanol–water partition coefficient (Wildman–Crippen LogP) is 2.83. The van der Waals surface area contributed by atoms with Crippen molar-refractivity contribution in [1.29, 1.82) is 0 Å². The molecule has 1 unspecified atom stereocenters. The van der Waals surface area contributed by atoms with Gasteiger partial charge in [0.15, 0.2) is 6.10 Å². The topological polar surface area (TPSA) is 55.8 Å². The number of likely N-dealkylation sites (N-methyl/N-ethyl adjacent to an activating group) is 1. The summed E-state index contributed by atoms with van der Waals surface area (Å²) >= 11 is 0. The SMILES string of the molecule is CCN(Cc1ccc(OC)cc1)C(=O)C1Cc2ccccc2C(=O)O1. The Hall–Kier alpha value is -2.82. The van der Waals surface area contributed by atoms with E-state index in [4.69, 9.17) is 9.47 Å². The molecule has 0 spiro atoms. The van der Waals surface area contributed by atoms with Crippen LogP contribution in [-0.2, 0) is 22.5 Å². The molecular formula is C20H21NO4. The summed E-state index contributed by atoms with van der Waals surface area (Å²) in [6.45, 7) is 2.93. The van der Waals surface area contributed by atoms with Crippen LogP contribution in [0.3, 0.4) is 0 Å². The minimum absolute atomic E-state index is 0.166. The van der Waals surface area contributed by atoms with Crippen molar-refractivity contribution >= 4 is 11.9 Å². The van der Waals surface area contributed by atoms with E-state index in [2.05, 4.69) is 0 Å². The minimum atomic E-state index is -0.763. The maximum Gasteiger partial charge on any atom is 0.339 e. The monoisotopic (exact) mass is 339 g/mol. The highest BCUT2D eigenvalue weighted by molar-refractivity contribution is 5.95. The van der Waals surface area contributed by atoms with Crippen LogP contribution in [0.5, 0.6) is 5.75 Å². The fourth-order valence-electron chi connectivity index (χ4n) is 2.97. The number of hydrogen-bond donors (Lipinski definition) is 0. The van der Waals surface area contributed by atoms with E-state index in [1.165, 1.54) is 0 Å². The van der Waals surface area contributed by atoms with Crippen molar-refractivity contribution in [2.75, 3.05) is 13.7 Å². The molecule has 3 rings (SSSR count). The van der Waals surface area contributed by atoms with Crippen LogP contribution in [0.4, 0.5) is 0 Å². The molecule has 5 heteroatoms. The van der Waals surface area contributed by atoms with Crippen LogP contribution in [0.25, 0.3) is 0 Å². The normalized spacial score (nSPS) is 15.9. The molecule has 0 fully saturated rings. The molecule has 0 radical (unpaired) electrons. The molecule has 1 aliphatic heterocycles. The highest BCUT2D eigenvalue weighted by Gasteiger charge is 2.33. The third-order valence-corrected chi connectivity index (χ3v) is 4.39. The number of rotatable bonds is 5. The summed E-state index contributed by atoms with van der Waals surface area (Å²) in [5, 5.41) is 0. The minimum Gasteiger partial charge on any atom is -0.497 e. The van der Waals surface area contributed by atoms with Gasteiger partial charge in [-0.15, -0.1) is 0 Å². The molecule has 130 valence electrons. The van der Waals surface area contributed by atoms with Gasteiger partial charge in [0.05, 0.1) is 12.7 Å². The van der Waals surface area contributed by atoms with Crippen LogP contribution < -0.4 is 4.74 Å². The van der Waals surface area contributed by atoms with Crippen molar-refractivity contribution in [1.82, 2.24) is 4.90 Å². The van der Waals surface area contributed by atoms with Crippen molar-refractivity contribution < 1.29 is 19.1 Å². The first kappa shape index (κ1) is 17.0. The second-order valence-corrected chi connectivity index (χ2v) is 5.96. The van der Waals surface area contributed by atoms with E-state index in [1.807, 2.05) is 43.3 Å². The molecule has 1 heterocycles. The van der Waals surface area contributed by atoms with E-state index in [0.29, 0.717) is 25.1 Å². The Labute approximate surface area is 147 Å². The molecule has 0 N–H and O–H groups in total. The lowest BCUT2D eigenvalue weighted by molar-refractivity contribution is -0.141. The van der Waals surface area contributed by atoms with Crippen LogP contribution in [0.1, 0.15) is 28.4 Å². The molecule has 0 aromatic heterocycles. The lowest BCUT2D eigenvalue weighted by Crippen LogP contribution is -2.44. The molecule has 5 nitrogen and oxygen atoms in total. The lowest BCUT2D eigenvalue weighted by Gasteiger charge is -2.29. The molecule has 1 aliphatic rings. The number of hydrogen-bond acceptors (Lipinski definition) is 4. The van der Waals surface area contributed by atoms with Crippen LogP contribution >= 0.6 is 0 Å². The summed E-state index contributed by atoms with van der Waals surface area (Å²) in [6.07, 6.45) is -0.347. The van der Waals surface area contributed by atoms with Gasteiger partial charge < -0.3 is 14.4 Å². The molecule has 0 saturated carbocycles. The Balaban J connectivity index is 1.73. The van der Waals surface area contributed by atoms with Gasteiger partial charge in [-0.25, -0.2) is 4.79 Å². The third kappa shape index (κ3) is 3.65. The maximum atomic E-state index is 12.8. The highest BCUT2D eigenvalue weighted by atomic mass is 16.5. The molecule has 0 saturated heterocycles. The smallest absolute Gasteiger partial charge is 0.339 e. The van der Waals surface area contributed by atoms with Gasteiger partial charge in [0.1, 0.15) is 5.75 Å². The number of nitrogens with zero attached hydrogens (tertiary/aromatic N) is 1. The fraction of sp³-hybridized carbons (Fsp3) is 0.300. The number of carbonyl (C=O) groups excluding carboxylic acids is 2. The Kier molecular flexibility index (Phi) is 5.03. The zero-order valence-corrected chi connectivity index (χ0v) is 14.4. The number of amides is 1. The van der Waals surface area contributed by atoms with E-state index in [9.17, 15) is 9.59 Å². The molecule has 0 aliphatic carbocycles. The Morgan fingerprint density at radius 2 is 1.92 bits per heavy atom. The van der Waals surface area contributed by atoms with Gasteiger partial charge in [0.2, 0.25) is 0 Å². The number of benzene rings is 2. The zero-order chi connectivity index (χ0) is 17.8. The second kappa shape index (κ2) is 7.38. The highest BCUT2D eigenvalue weighted by Crippen LogP contribution is 2.22. The van der Waals surface area contributed by atoms with Crippen molar-refractivity contribution in [2.24, 2.45) is 0 Å². The third-order valence-electron chi connectivity index (χ3n) is 4.39. The Morgan fingerprint density at radius 3 is 2.60 bits per heavy atom. The predicted molar refractivity (Wildman–Crippen MR) is 93.4 cm³/mol. The van der Waals surface area contributed by atoms with Gasteiger partial charge in [-0.2, -0.15) is 0 Å². The number of ether oxygens (including phenoxy) is 2. The first-order valence-electron chi connectivity index (χ1n) is 8.33. The van der Waals surface area contributed by atoms with Gasteiger partial charge in [-0.1, -0.05) is 30.3 Å². The van der Waals surface area contributed by atoms with E-state index >= 15 is 0 Å². The van der Waals surface area contributed by atoms with Crippen LogP contribution in [-0.4, -0.2) is 36.5 Å². The van der Waals surface area contributed by atoms with Crippen molar-refractivity contribution in [3.05, 3.63) is 65.2 Å². The second-order valence-electron chi connectivity index (χ2n) is 5.96. The van der Waals surface area contributed by atoms with E-state index in [-0.39, 0.29) is 5.91 Å². The summed E-state index contributed by atoms with van der Waals surface area (Å²) in [5.74, 6) is 0.179. The molecule has 2 aromatic rings. The molecule has 2 aromatic carbocycles. The van der Waals surface area contributed by atoms with Gasteiger partial charge in [-0.05, 0) is 36.2 Å². The van der Waals surface area contributed by atoms with Crippen LogP contribution in [0, 0.1) is 0 Å². The van der Waals surface area contributed by atoms with Crippen molar-refractivity contribution in [2.45, 2.75) is 26.0 Å². The van der Waals surface area contributed by atoms with E-state index in [1.54, 1.807) is 24.1 Å². The lowest BCUT2D eigenvalue weighted by atomic mass is 9.98. The first-order valence-corrected chi connectivity index (χ1v) is 8.33. The first-order chi connectivity index (χ1) is 12.1. The summed E-state index contributed by atoms with van der Waals surface area (Å²) in [7, 11) is 1.62. The van der Waals surface area contributed by atoms with Gasteiger partial charge in [0.25, 0.3) is 5.91 Å². The zero-order valence-electron chi connectivity index (χ0n) is 14.4.